The minimum atomic E-state index is -0.460. The van der Waals surface area contributed by atoms with Gasteiger partial charge in [-0.1, -0.05) is 11.6 Å². The summed E-state index contributed by atoms with van der Waals surface area (Å²) in [6.07, 6.45) is 1.49. The number of nitrogens with zero attached hydrogens (tertiary/aromatic N) is 1. The average molecular weight is 248 g/mol. The van der Waals surface area contributed by atoms with Crippen molar-refractivity contribution >= 4 is 22.5 Å². The topological polar surface area (TPSA) is 56.2 Å². The van der Waals surface area contributed by atoms with Crippen molar-refractivity contribution in [2.45, 2.75) is 0 Å². The van der Waals surface area contributed by atoms with Crippen LogP contribution in [0.5, 0.6) is 0 Å². The quantitative estimate of drug-likeness (QED) is 0.663. The van der Waals surface area contributed by atoms with Crippen LogP contribution in [-0.4, -0.2) is 4.98 Å². The number of furan rings is 1. The lowest BCUT2D eigenvalue weighted by Crippen LogP contribution is -2.02. The number of fused-ring (bicyclic) bond motifs is 1. The number of rotatable bonds is 1. The minimum Gasteiger partial charge on any atom is -0.459 e. The summed E-state index contributed by atoms with van der Waals surface area (Å²) >= 11 is 5.85. The molecule has 0 saturated heterocycles. The number of halogens is 1. The molecule has 0 amide bonds. The number of hydrogen-bond acceptors (Lipinski definition) is 4. The van der Waals surface area contributed by atoms with E-state index in [1.54, 1.807) is 30.3 Å². The van der Waals surface area contributed by atoms with E-state index in [2.05, 4.69) is 4.98 Å². The van der Waals surface area contributed by atoms with Crippen LogP contribution in [0.2, 0.25) is 5.02 Å². The van der Waals surface area contributed by atoms with Crippen molar-refractivity contribution in [2.75, 3.05) is 0 Å². The van der Waals surface area contributed by atoms with Gasteiger partial charge >= 0.3 is 5.63 Å². The van der Waals surface area contributed by atoms with E-state index >= 15 is 0 Å². The van der Waals surface area contributed by atoms with Gasteiger partial charge < -0.3 is 8.83 Å². The summed E-state index contributed by atoms with van der Waals surface area (Å²) in [5, 5.41) is 0.908. The summed E-state index contributed by atoms with van der Waals surface area (Å²) in [6.45, 7) is 0. The van der Waals surface area contributed by atoms with Gasteiger partial charge in [0.15, 0.2) is 5.76 Å². The fraction of sp³-hybridized carbons (Fsp3) is 0. The second-order valence-corrected chi connectivity index (χ2v) is 3.88. The zero-order valence-corrected chi connectivity index (χ0v) is 9.27. The van der Waals surface area contributed by atoms with Crippen molar-refractivity contribution < 1.29 is 8.83 Å². The van der Waals surface area contributed by atoms with Gasteiger partial charge in [-0.2, -0.15) is 0 Å². The molecular formula is C12H6ClNO3. The van der Waals surface area contributed by atoms with Gasteiger partial charge in [0.1, 0.15) is 0 Å². The van der Waals surface area contributed by atoms with E-state index in [9.17, 15) is 4.79 Å². The molecule has 2 aromatic heterocycles. The van der Waals surface area contributed by atoms with E-state index < -0.39 is 5.63 Å². The van der Waals surface area contributed by atoms with Crippen LogP contribution in [0, 0.1) is 0 Å². The molecule has 4 nitrogen and oxygen atoms in total. The Balaban J connectivity index is 2.33. The molecule has 0 aliphatic rings. The van der Waals surface area contributed by atoms with Crippen molar-refractivity contribution in [1.29, 1.82) is 0 Å². The highest BCUT2D eigenvalue weighted by Crippen LogP contribution is 2.20. The first-order valence-corrected chi connectivity index (χ1v) is 5.26. The highest BCUT2D eigenvalue weighted by Gasteiger charge is 2.10. The predicted molar refractivity (Wildman–Crippen MR) is 63.0 cm³/mol. The Bertz CT molecular complexity index is 731. The first kappa shape index (κ1) is 10.1. The van der Waals surface area contributed by atoms with E-state index in [1.807, 2.05) is 0 Å². The Morgan fingerprint density at radius 2 is 2.12 bits per heavy atom. The van der Waals surface area contributed by atoms with Gasteiger partial charge in [0.05, 0.1) is 17.2 Å². The third-order valence-corrected chi connectivity index (χ3v) is 2.56. The fourth-order valence-corrected chi connectivity index (χ4v) is 1.72. The Hall–Kier alpha value is -2.07. The number of hydrogen-bond donors (Lipinski definition) is 0. The largest absolute Gasteiger partial charge is 0.459 e. The van der Waals surface area contributed by atoms with E-state index in [4.69, 9.17) is 20.4 Å². The van der Waals surface area contributed by atoms with E-state index in [0.717, 1.165) is 0 Å². The van der Waals surface area contributed by atoms with Gasteiger partial charge in [-0.3, -0.25) is 0 Å². The van der Waals surface area contributed by atoms with Crippen molar-refractivity contribution in [3.05, 3.63) is 52.0 Å². The lowest BCUT2D eigenvalue weighted by molar-refractivity contribution is 0.482. The Kier molecular flexibility index (Phi) is 2.23. The van der Waals surface area contributed by atoms with E-state index in [-0.39, 0.29) is 5.89 Å². The van der Waals surface area contributed by atoms with Gasteiger partial charge in [-0.15, -0.1) is 0 Å². The van der Waals surface area contributed by atoms with Crippen LogP contribution in [-0.2, 0) is 0 Å². The van der Waals surface area contributed by atoms with Crippen LogP contribution >= 0.6 is 11.6 Å². The maximum absolute atomic E-state index is 11.7. The summed E-state index contributed by atoms with van der Waals surface area (Å²) in [5.74, 6) is 0.554. The van der Waals surface area contributed by atoms with Crippen LogP contribution in [0.25, 0.3) is 22.6 Å². The Morgan fingerprint density at radius 3 is 2.88 bits per heavy atom. The summed E-state index contributed by atoms with van der Waals surface area (Å²) in [5.41, 5.74) is 0.0261. The monoisotopic (exact) mass is 247 g/mol. The fourth-order valence-electron chi connectivity index (χ4n) is 1.55. The molecule has 0 radical (unpaired) electrons. The molecule has 17 heavy (non-hydrogen) atoms. The summed E-state index contributed by atoms with van der Waals surface area (Å²) < 4.78 is 10.2. The molecule has 3 rings (SSSR count). The van der Waals surface area contributed by atoms with Crippen LogP contribution in [0.3, 0.4) is 0 Å². The van der Waals surface area contributed by atoms with Crippen molar-refractivity contribution in [2.24, 2.45) is 0 Å². The summed E-state index contributed by atoms with van der Waals surface area (Å²) in [4.78, 5) is 15.9. The van der Waals surface area contributed by atoms with Gasteiger partial charge in [-0.25, -0.2) is 9.78 Å². The van der Waals surface area contributed by atoms with Crippen molar-refractivity contribution in [3.8, 4) is 11.7 Å². The molecule has 5 heteroatoms. The molecule has 2 heterocycles. The molecule has 3 aromatic rings. The summed E-state index contributed by atoms with van der Waals surface area (Å²) in [7, 11) is 0. The molecule has 0 bridgehead atoms. The van der Waals surface area contributed by atoms with Crippen molar-refractivity contribution in [1.82, 2.24) is 4.98 Å². The minimum absolute atomic E-state index is 0.148. The molecule has 0 aliphatic carbocycles. The van der Waals surface area contributed by atoms with Crippen molar-refractivity contribution in [3.63, 3.8) is 0 Å². The highest BCUT2D eigenvalue weighted by atomic mass is 35.5. The van der Waals surface area contributed by atoms with E-state index in [1.165, 1.54) is 6.26 Å². The van der Waals surface area contributed by atoms with E-state index in [0.29, 0.717) is 21.7 Å². The summed E-state index contributed by atoms with van der Waals surface area (Å²) in [6, 6.07) is 8.18. The molecular weight excluding hydrogens is 242 g/mol. The smallest absolute Gasteiger partial charge is 0.347 e. The molecule has 84 valence electrons. The van der Waals surface area contributed by atoms with Gasteiger partial charge in [0.25, 0.3) is 5.89 Å². The van der Waals surface area contributed by atoms with Gasteiger partial charge in [0.2, 0.25) is 0 Å². The molecule has 0 unspecified atom stereocenters. The standard InChI is InChI=1S/C12H6ClNO3/c13-7-3-4-8-9(6-7)14-11(17-12(8)15)10-2-1-5-16-10/h1-6H. The zero-order valence-electron chi connectivity index (χ0n) is 8.51. The second-order valence-electron chi connectivity index (χ2n) is 3.45. The molecule has 0 fully saturated rings. The molecule has 0 spiro atoms. The van der Waals surface area contributed by atoms with Crippen LogP contribution in [0.4, 0.5) is 0 Å². The Labute approximate surface area is 100 Å². The van der Waals surface area contributed by atoms with Gasteiger partial charge in [0, 0.05) is 5.02 Å². The lowest BCUT2D eigenvalue weighted by Gasteiger charge is -1.99. The van der Waals surface area contributed by atoms with Crippen LogP contribution in [0.1, 0.15) is 0 Å². The SMILES string of the molecule is O=c1oc(-c2ccco2)nc2cc(Cl)ccc12. The zero-order chi connectivity index (χ0) is 11.8. The van der Waals surface area contributed by atoms with Gasteiger partial charge in [-0.05, 0) is 30.3 Å². The third kappa shape index (κ3) is 1.72. The molecule has 1 aromatic carbocycles. The first-order chi connectivity index (χ1) is 8.24. The van der Waals surface area contributed by atoms with Crippen LogP contribution < -0.4 is 5.63 Å². The molecule has 0 aliphatic heterocycles. The maximum atomic E-state index is 11.7. The molecule has 0 N–H and O–H groups in total. The van der Waals surface area contributed by atoms with Crippen LogP contribution in [0.15, 0.2) is 50.2 Å². The highest BCUT2D eigenvalue weighted by molar-refractivity contribution is 6.31. The second kappa shape index (κ2) is 3.75. The average Bonchev–Trinajstić information content (AvgIpc) is 2.81. The molecule has 0 atom stereocenters. The third-order valence-electron chi connectivity index (χ3n) is 2.32. The first-order valence-electron chi connectivity index (χ1n) is 4.88. The Morgan fingerprint density at radius 1 is 1.24 bits per heavy atom. The predicted octanol–water partition coefficient (Wildman–Crippen LogP) is 3.10. The number of aromatic nitrogens is 1. The lowest BCUT2D eigenvalue weighted by atomic mass is 10.2. The number of benzene rings is 1. The molecule has 0 saturated carbocycles. The maximum Gasteiger partial charge on any atom is 0.347 e. The normalized spacial score (nSPS) is 10.9.